The summed E-state index contributed by atoms with van der Waals surface area (Å²) in [5.41, 5.74) is 13.1. The zero-order valence-corrected chi connectivity index (χ0v) is 15.6. The number of fused-ring (bicyclic) bond motifs is 2. The molecule has 5 N–H and O–H groups in total. The van der Waals surface area contributed by atoms with Crippen LogP contribution in [0.5, 0.6) is 5.75 Å². The molecule has 1 amide bonds. The van der Waals surface area contributed by atoms with Crippen molar-refractivity contribution >= 4 is 65.7 Å². The lowest BCUT2D eigenvalue weighted by atomic mass is 10.2. The molecule has 1 aromatic carbocycles. The van der Waals surface area contributed by atoms with E-state index >= 15 is 0 Å². The zero-order valence-electron chi connectivity index (χ0n) is 13.9. The van der Waals surface area contributed by atoms with Crippen LogP contribution in [0.25, 0.3) is 20.4 Å². The molecule has 0 aliphatic carbocycles. The minimum atomic E-state index is -0.390. The SMILES string of the molecule is COc1ccc2nc(NC(=O)c3sc4nc(N)c(C#N)cc4c3N)sc2c1. The van der Waals surface area contributed by atoms with E-state index in [0.717, 1.165) is 27.3 Å². The van der Waals surface area contributed by atoms with Crippen molar-refractivity contribution in [3.63, 3.8) is 0 Å². The van der Waals surface area contributed by atoms with Crippen molar-refractivity contribution in [2.75, 3.05) is 23.9 Å². The fraction of sp³-hybridized carbons (Fsp3) is 0.0588. The molecule has 0 saturated carbocycles. The van der Waals surface area contributed by atoms with Crippen LogP contribution >= 0.6 is 22.7 Å². The van der Waals surface area contributed by atoms with E-state index < -0.39 is 5.91 Å². The molecular weight excluding hydrogens is 384 g/mol. The number of hydrogen-bond donors (Lipinski definition) is 3. The topological polar surface area (TPSA) is 140 Å². The van der Waals surface area contributed by atoms with Gasteiger partial charge in [0.1, 0.15) is 27.3 Å². The van der Waals surface area contributed by atoms with Gasteiger partial charge in [-0.25, -0.2) is 9.97 Å². The number of hydrogen-bond acceptors (Lipinski definition) is 9. The Labute approximate surface area is 161 Å². The number of nitrogen functional groups attached to an aromatic ring is 2. The van der Waals surface area contributed by atoms with Crippen molar-refractivity contribution in [2.24, 2.45) is 0 Å². The Balaban J connectivity index is 1.69. The summed E-state index contributed by atoms with van der Waals surface area (Å²) in [4.78, 5) is 22.0. The highest BCUT2D eigenvalue weighted by molar-refractivity contribution is 7.23. The number of methoxy groups -OCH3 is 1. The van der Waals surface area contributed by atoms with E-state index in [2.05, 4.69) is 15.3 Å². The Kier molecular flexibility index (Phi) is 4.02. The number of nitrogens with one attached hydrogen (secondary N) is 1. The number of rotatable bonds is 3. The lowest BCUT2D eigenvalue weighted by Gasteiger charge is -2.00. The van der Waals surface area contributed by atoms with Crippen LogP contribution in [0.1, 0.15) is 15.2 Å². The van der Waals surface area contributed by atoms with Gasteiger partial charge in [-0.15, -0.1) is 11.3 Å². The first kappa shape index (κ1) is 17.0. The first-order chi connectivity index (χ1) is 13.0. The standard InChI is InChI=1S/C17H12N6O2S2/c1-25-8-2-3-10-11(5-8)26-17(21-10)23-15(24)13-12(19)9-4-7(6-18)14(20)22-16(9)27-13/h2-5H,19H2,1H3,(H2,20,22)(H,21,23,24). The zero-order chi connectivity index (χ0) is 19.1. The van der Waals surface area contributed by atoms with Gasteiger partial charge in [0.2, 0.25) is 0 Å². The summed E-state index contributed by atoms with van der Waals surface area (Å²) in [6.45, 7) is 0. The Morgan fingerprint density at radius 2 is 2.07 bits per heavy atom. The van der Waals surface area contributed by atoms with Crippen LogP contribution in [0.15, 0.2) is 24.3 Å². The van der Waals surface area contributed by atoms with Gasteiger partial charge in [0, 0.05) is 5.39 Å². The number of nitriles is 1. The van der Waals surface area contributed by atoms with E-state index in [4.69, 9.17) is 21.5 Å². The van der Waals surface area contributed by atoms with Gasteiger partial charge in [0.05, 0.1) is 28.6 Å². The quantitative estimate of drug-likeness (QED) is 0.483. The number of thiophene rings is 1. The molecule has 8 nitrogen and oxygen atoms in total. The highest BCUT2D eigenvalue weighted by Crippen LogP contribution is 2.35. The van der Waals surface area contributed by atoms with Gasteiger partial charge in [-0.3, -0.25) is 10.1 Å². The number of carbonyl (C=O) groups is 1. The van der Waals surface area contributed by atoms with E-state index in [1.165, 1.54) is 11.3 Å². The van der Waals surface area contributed by atoms with E-state index in [-0.39, 0.29) is 17.1 Å². The number of carbonyl (C=O) groups excluding carboxylic acids is 1. The van der Waals surface area contributed by atoms with Gasteiger partial charge in [0.25, 0.3) is 5.91 Å². The molecule has 0 bridgehead atoms. The summed E-state index contributed by atoms with van der Waals surface area (Å²) in [5, 5.41) is 12.8. The summed E-state index contributed by atoms with van der Waals surface area (Å²) in [6, 6.07) is 8.99. The third kappa shape index (κ3) is 2.88. The maximum absolute atomic E-state index is 12.7. The van der Waals surface area contributed by atoms with E-state index in [1.807, 2.05) is 18.2 Å². The predicted molar refractivity (Wildman–Crippen MR) is 107 cm³/mol. The third-order valence-electron chi connectivity index (χ3n) is 3.89. The van der Waals surface area contributed by atoms with Crippen molar-refractivity contribution < 1.29 is 9.53 Å². The van der Waals surface area contributed by atoms with Crippen LogP contribution in [-0.4, -0.2) is 23.0 Å². The molecule has 0 aliphatic heterocycles. The molecule has 0 atom stereocenters. The highest BCUT2D eigenvalue weighted by atomic mass is 32.1. The molecule has 0 fully saturated rings. The minimum absolute atomic E-state index is 0.110. The molecule has 0 radical (unpaired) electrons. The van der Waals surface area contributed by atoms with E-state index in [9.17, 15) is 4.79 Å². The highest BCUT2D eigenvalue weighted by Gasteiger charge is 2.20. The summed E-state index contributed by atoms with van der Waals surface area (Å²) >= 11 is 2.45. The second-order valence-electron chi connectivity index (χ2n) is 5.54. The van der Waals surface area contributed by atoms with Gasteiger partial charge in [-0.1, -0.05) is 11.3 Å². The first-order valence-electron chi connectivity index (χ1n) is 7.64. The third-order valence-corrected chi connectivity index (χ3v) is 5.94. The first-order valence-corrected chi connectivity index (χ1v) is 9.28. The molecule has 4 aromatic rings. The Bertz CT molecular complexity index is 1250. The second kappa shape index (κ2) is 6.39. The number of benzene rings is 1. The summed E-state index contributed by atoms with van der Waals surface area (Å²) in [6.07, 6.45) is 0. The maximum atomic E-state index is 12.7. The van der Waals surface area contributed by atoms with Crippen LogP contribution in [-0.2, 0) is 0 Å². The number of ether oxygens (including phenoxy) is 1. The summed E-state index contributed by atoms with van der Waals surface area (Å²) < 4.78 is 6.09. The number of aromatic nitrogens is 2. The molecular formula is C17H12N6O2S2. The number of amides is 1. The molecule has 0 saturated heterocycles. The Morgan fingerprint density at radius 1 is 1.26 bits per heavy atom. The average Bonchev–Trinajstić information content (AvgIpc) is 3.20. The van der Waals surface area contributed by atoms with Crippen molar-refractivity contribution in [3.8, 4) is 11.8 Å². The van der Waals surface area contributed by atoms with Gasteiger partial charge in [-0.2, -0.15) is 5.26 Å². The lowest BCUT2D eigenvalue weighted by molar-refractivity contribution is 0.103. The number of anilines is 3. The second-order valence-corrected chi connectivity index (χ2v) is 7.57. The van der Waals surface area contributed by atoms with Crippen LogP contribution in [0.3, 0.4) is 0 Å². The number of nitrogens with zero attached hydrogens (tertiary/aromatic N) is 3. The average molecular weight is 396 g/mol. The fourth-order valence-corrected chi connectivity index (χ4v) is 4.42. The number of thiazole rings is 1. The van der Waals surface area contributed by atoms with Crippen molar-refractivity contribution in [3.05, 3.63) is 34.7 Å². The molecule has 10 heteroatoms. The molecule has 0 unspecified atom stereocenters. The summed E-state index contributed by atoms with van der Waals surface area (Å²) in [7, 11) is 1.59. The molecule has 27 heavy (non-hydrogen) atoms. The number of pyridine rings is 1. The predicted octanol–water partition coefficient (Wildman–Crippen LogP) is 3.20. The largest absolute Gasteiger partial charge is 0.497 e. The van der Waals surface area contributed by atoms with E-state index in [1.54, 1.807) is 19.2 Å². The van der Waals surface area contributed by atoms with Gasteiger partial charge in [0.15, 0.2) is 5.13 Å². The number of nitrogens with two attached hydrogens (primary N) is 2. The van der Waals surface area contributed by atoms with Gasteiger partial charge < -0.3 is 16.2 Å². The molecule has 0 aliphatic rings. The maximum Gasteiger partial charge on any atom is 0.269 e. The Hall–Kier alpha value is -3.42. The molecule has 134 valence electrons. The van der Waals surface area contributed by atoms with Crippen LogP contribution in [0.2, 0.25) is 0 Å². The van der Waals surface area contributed by atoms with E-state index in [0.29, 0.717) is 20.2 Å². The van der Waals surface area contributed by atoms with Gasteiger partial charge >= 0.3 is 0 Å². The smallest absolute Gasteiger partial charge is 0.269 e. The normalized spacial score (nSPS) is 10.8. The van der Waals surface area contributed by atoms with Crippen LogP contribution in [0.4, 0.5) is 16.6 Å². The lowest BCUT2D eigenvalue weighted by Crippen LogP contribution is -2.11. The van der Waals surface area contributed by atoms with Crippen LogP contribution < -0.4 is 21.5 Å². The van der Waals surface area contributed by atoms with Crippen LogP contribution in [0, 0.1) is 11.3 Å². The van der Waals surface area contributed by atoms with Gasteiger partial charge in [-0.05, 0) is 24.3 Å². The summed E-state index contributed by atoms with van der Waals surface area (Å²) in [5.74, 6) is 0.437. The molecule has 0 spiro atoms. The van der Waals surface area contributed by atoms with Crippen molar-refractivity contribution in [1.82, 2.24) is 9.97 Å². The molecule has 3 heterocycles. The fourth-order valence-electron chi connectivity index (χ4n) is 2.55. The molecule has 3 aromatic heterocycles. The Morgan fingerprint density at radius 3 is 2.81 bits per heavy atom. The van der Waals surface area contributed by atoms with Crippen molar-refractivity contribution in [2.45, 2.75) is 0 Å². The van der Waals surface area contributed by atoms with Crippen molar-refractivity contribution in [1.29, 1.82) is 5.26 Å². The molecule has 4 rings (SSSR count). The monoisotopic (exact) mass is 396 g/mol. The minimum Gasteiger partial charge on any atom is -0.497 e.